The van der Waals surface area contributed by atoms with Crippen LogP contribution in [0.1, 0.15) is 50.6 Å². The lowest BCUT2D eigenvalue weighted by molar-refractivity contribution is 0.145. The van der Waals surface area contributed by atoms with E-state index in [1.54, 1.807) is 0 Å². The van der Waals surface area contributed by atoms with E-state index in [-0.39, 0.29) is 6.10 Å². The number of nitrogens with zero attached hydrogens (tertiary/aromatic N) is 1. The highest BCUT2D eigenvalue weighted by Gasteiger charge is 2.16. The number of pyridine rings is 1. The highest BCUT2D eigenvalue weighted by atomic mass is 16.3. The Bertz CT molecular complexity index is 306. The van der Waals surface area contributed by atoms with Gasteiger partial charge in [-0.15, -0.1) is 0 Å². The molecule has 0 radical (unpaired) electrons. The maximum atomic E-state index is 9.94. The quantitative estimate of drug-likeness (QED) is 0.817. The highest BCUT2D eigenvalue weighted by Crippen LogP contribution is 2.29. The van der Waals surface area contributed by atoms with E-state index in [0.29, 0.717) is 0 Å². The number of aromatic nitrogens is 1. The van der Waals surface area contributed by atoms with Crippen molar-refractivity contribution in [1.82, 2.24) is 4.98 Å². The van der Waals surface area contributed by atoms with Crippen LogP contribution in [0.15, 0.2) is 24.4 Å². The zero-order valence-corrected chi connectivity index (χ0v) is 10.5. The fourth-order valence-electron chi connectivity index (χ4n) is 2.73. The molecular weight excluding hydrogens is 210 g/mol. The Hall–Kier alpha value is -0.890. The van der Waals surface area contributed by atoms with Gasteiger partial charge in [-0.1, -0.05) is 31.7 Å². The van der Waals surface area contributed by atoms with Gasteiger partial charge in [0.15, 0.2) is 0 Å². The summed E-state index contributed by atoms with van der Waals surface area (Å²) < 4.78 is 0. The van der Waals surface area contributed by atoms with Crippen molar-refractivity contribution in [2.45, 2.75) is 57.5 Å². The molecule has 1 aliphatic rings. The number of aliphatic hydroxyl groups is 1. The van der Waals surface area contributed by atoms with Gasteiger partial charge >= 0.3 is 0 Å². The van der Waals surface area contributed by atoms with Crippen LogP contribution in [-0.4, -0.2) is 16.2 Å². The van der Waals surface area contributed by atoms with E-state index < -0.39 is 0 Å². The Morgan fingerprint density at radius 1 is 1.24 bits per heavy atom. The summed E-state index contributed by atoms with van der Waals surface area (Å²) in [5, 5.41) is 9.94. The SMILES string of the molecule is OC(CCc1ccccn1)CCC1CCCC1. The molecule has 2 rings (SSSR count). The largest absolute Gasteiger partial charge is 0.393 e. The van der Waals surface area contributed by atoms with Crippen LogP contribution in [0.4, 0.5) is 0 Å². The Kier molecular flexibility index (Phi) is 4.99. The standard InChI is InChI=1S/C15H23NO/c17-15(10-8-13-5-1-2-6-13)11-9-14-7-3-4-12-16-14/h3-4,7,12-13,15,17H,1-2,5-6,8-11H2. The molecule has 1 saturated carbocycles. The molecule has 0 bridgehead atoms. The van der Waals surface area contributed by atoms with Gasteiger partial charge in [0.2, 0.25) is 0 Å². The normalized spacial score (nSPS) is 18.4. The van der Waals surface area contributed by atoms with Gasteiger partial charge in [-0.25, -0.2) is 0 Å². The molecule has 1 aromatic rings. The highest BCUT2D eigenvalue weighted by molar-refractivity contribution is 5.03. The van der Waals surface area contributed by atoms with E-state index in [2.05, 4.69) is 4.98 Å². The van der Waals surface area contributed by atoms with Gasteiger partial charge in [0.1, 0.15) is 0 Å². The summed E-state index contributed by atoms with van der Waals surface area (Å²) in [7, 11) is 0. The van der Waals surface area contributed by atoms with Crippen LogP contribution in [0.5, 0.6) is 0 Å². The average molecular weight is 233 g/mol. The first kappa shape index (κ1) is 12.6. The Labute approximate surface area is 104 Å². The summed E-state index contributed by atoms with van der Waals surface area (Å²) in [6.45, 7) is 0. The van der Waals surface area contributed by atoms with Gasteiger partial charge in [0.05, 0.1) is 6.10 Å². The molecule has 1 heterocycles. The Morgan fingerprint density at radius 3 is 2.76 bits per heavy atom. The van der Waals surface area contributed by atoms with Crippen LogP contribution in [0, 0.1) is 5.92 Å². The lowest BCUT2D eigenvalue weighted by Gasteiger charge is -2.13. The Balaban J connectivity index is 1.62. The minimum atomic E-state index is -0.141. The van der Waals surface area contributed by atoms with Crippen molar-refractivity contribution >= 4 is 0 Å². The van der Waals surface area contributed by atoms with Crippen LogP contribution in [0.25, 0.3) is 0 Å². The zero-order valence-electron chi connectivity index (χ0n) is 10.5. The molecule has 2 nitrogen and oxygen atoms in total. The predicted octanol–water partition coefficient (Wildman–Crippen LogP) is 3.35. The second-order valence-corrected chi connectivity index (χ2v) is 5.24. The number of hydrogen-bond donors (Lipinski definition) is 1. The third-order valence-electron chi connectivity index (χ3n) is 3.84. The summed E-state index contributed by atoms with van der Waals surface area (Å²) in [4.78, 5) is 4.28. The van der Waals surface area contributed by atoms with E-state index in [1.807, 2.05) is 24.4 Å². The lowest BCUT2D eigenvalue weighted by atomic mass is 9.97. The summed E-state index contributed by atoms with van der Waals surface area (Å²) in [6.07, 6.45) is 11.2. The van der Waals surface area contributed by atoms with Crippen molar-refractivity contribution in [3.05, 3.63) is 30.1 Å². The molecule has 1 fully saturated rings. The monoisotopic (exact) mass is 233 g/mol. The topological polar surface area (TPSA) is 33.1 Å². The Morgan fingerprint density at radius 2 is 2.06 bits per heavy atom. The second kappa shape index (κ2) is 6.75. The van der Waals surface area contributed by atoms with Crippen LogP contribution >= 0.6 is 0 Å². The molecule has 1 aromatic heterocycles. The lowest BCUT2D eigenvalue weighted by Crippen LogP contribution is -2.10. The molecule has 2 heteroatoms. The fourth-order valence-corrected chi connectivity index (χ4v) is 2.73. The van der Waals surface area contributed by atoms with E-state index in [4.69, 9.17) is 0 Å². The van der Waals surface area contributed by atoms with Gasteiger partial charge in [0.25, 0.3) is 0 Å². The first-order valence-electron chi connectivity index (χ1n) is 6.92. The second-order valence-electron chi connectivity index (χ2n) is 5.24. The minimum absolute atomic E-state index is 0.141. The zero-order chi connectivity index (χ0) is 11.9. The van der Waals surface area contributed by atoms with Crippen LogP contribution < -0.4 is 0 Å². The maximum Gasteiger partial charge on any atom is 0.0544 e. The fraction of sp³-hybridized carbons (Fsp3) is 0.667. The van der Waals surface area contributed by atoms with E-state index in [0.717, 1.165) is 30.9 Å². The molecule has 0 aliphatic heterocycles. The van der Waals surface area contributed by atoms with Crippen molar-refractivity contribution in [2.75, 3.05) is 0 Å². The number of aliphatic hydroxyl groups excluding tert-OH is 1. The van der Waals surface area contributed by atoms with Crippen LogP contribution in [0.3, 0.4) is 0 Å². The molecule has 17 heavy (non-hydrogen) atoms. The van der Waals surface area contributed by atoms with E-state index in [1.165, 1.54) is 32.1 Å². The van der Waals surface area contributed by atoms with Crippen molar-refractivity contribution in [1.29, 1.82) is 0 Å². The summed E-state index contributed by atoms with van der Waals surface area (Å²) in [6, 6.07) is 5.97. The molecule has 0 saturated heterocycles. The van der Waals surface area contributed by atoms with Gasteiger partial charge in [-0.05, 0) is 43.7 Å². The average Bonchev–Trinajstić information content (AvgIpc) is 2.88. The molecule has 0 amide bonds. The van der Waals surface area contributed by atoms with Gasteiger partial charge in [-0.3, -0.25) is 4.98 Å². The van der Waals surface area contributed by atoms with E-state index >= 15 is 0 Å². The molecule has 1 atom stereocenters. The van der Waals surface area contributed by atoms with Crippen molar-refractivity contribution in [3.63, 3.8) is 0 Å². The predicted molar refractivity (Wildman–Crippen MR) is 69.8 cm³/mol. The van der Waals surface area contributed by atoms with Crippen molar-refractivity contribution < 1.29 is 5.11 Å². The molecule has 1 N–H and O–H groups in total. The molecular formula is C15H23NO. The van der Waals surface area contributed by atoms with Gasteiger partial charge in [-0.2, -0.15) is 0 Å². The van der Waals surface area contributed by atoms with Gasteiger partial charge in [0, 0.05) is 11.9 Å². The molecule has 0 aromatic carbocycles. The van der Waals surface area contributed by atoms with Crippen molar-refractivity contribution in [3.8, 4) is 0 Å². The first-order valence-corrected chi connectivity index (χ1v) is 6.92. The van der Waals surface area contributed by atoms with Gasteiger partial charge < -0.3 is 5.11 Å². The van der Waals surface area contributed by atoms with Crippen molar-refractivity contribution in [2.24, 2.45) is 5.92 Å². The molecule has 1 aliphatic carbocycles. The summed E-state index contributed by atoms with van der Waals surface area (Å²) >= 11 is 0. The molecule has 1 unspecified atom stereocenters. The van der Waals surface area contributed by atoms with E-state index in [9.17, 15) is 5.11 Å². The molecule has 94 valence electrons. The third kappa shape index (κ3) is 4.47. The first-order chi connectivity index (χ1) is 8.34. The molecule has 0 spiro atoms. The number of hydrogen-bond acceptors (Lipinski definition) is 2. The summed E-state index contributed by atoms with van der Waals surface area (Å²) in [5.74, 6) is 0.888. The number of rotatable bonds is 6. The number of aryl methyl sites for hydroxylation is 1. The third-order valence-corrected chi connectivity index (χ3v) is 3.84. The summed E-state index contributed by atoms with van der Waals surface area (Å²) in [5.41, 5.74) is 1.09. The minimum Gasteiger partial charge on any atom is -0.393 e. The van der Waals surface area contributed by atoms with Crippen LogP contribution in [-0.2, 0) is 6.42 Å². The van der Waals surface area contributed by atoms with Crippen LogP contribution in [0.2, 0.25) is 0 Å². The maximum absolute atomic E-state index is 9.94. The smallest absolute Gasteiger partial charge is 0.0544 e.